The minimum absolute atomic E-state index is 0.0347. The number of rotatable bonds is 3. The van der Waals surface area contributed by atoms with Crippen LogP contribution in [0.2, 0.25) is 0 Å². The van der Waals surface area contributed by atoms with E-state index in [-0.39, 0.29) is 18.0 Å². The quantitative estimate of drug-likeness (QED) is 0.546. The molecule has 7 heteroatoms. The first kappa shape index (κ1) is 14.9. The van der Waals surface area contributed by atoms with E-state index in [1.807, 2.05) is 12.1 Å². The fraction of sp³-hybridized carbons (Fsp3) is 0.533. The summed E-state index contributed by atoms with van der Waals surface area (Å²) in [5.74, 6) is -0.303. The second-order valence-electron chi connectivity index (χ2n) is 6.05. The first-order valence-electron chi connectivity index (χ1n) is 7.58. The van der Waals surface area contributed by atoms with Gasteiger partial charge in [0.1, 0.15) is 0 Å². The van der Waals surface area contributed by atoms with E-state index >= 15 is 0 Å². The summed E-state index contributed by atoms with van der Waals surface area (Å²) in [4.78, 5) is 23.1. The maximum atomic E-state index is 12.4. The van der Waals surface area contributed by atoms with Gasteiger partial charge in [-0.25, -0.2) is 10.9 Å². The maximum absolute atomic E-state index is 12.4. The highest BCUT2D eigenvalue weighted by Gasteiger charge is 2.46. The van der Waals surface area contributed by atoms with Crippen LogP contribution in [0.4, 0.5) is 0 Å². The van der Waals surface area contributed by atoms with Crippen molar-refractivity contribution in [3.63, 3.8) is 0 Å². The van der Waals surface area contributed by atoms with Crippen LogP contribution in [0.15, 0.2) is 24.3 Å². The van der Waals surface area contributed by atoms with Gasteiger partial charge in [-0.2, -0.15) is 0 Å². The molecule has 0 aromatic heterocycles. The van der Waals surface area contributed by atoms with E-state index in [2.05, 4.69) is 28.3 Å². The highest BCUT2D eigenvalue weighted by molar-refractivity contribution is 5.83. The number of benzene rings is 1. The number of nitro groups is 1. The summed E-state index contributed by atoms with van der Waals surface area (Å²) in [6.07, 6.45) is 2.56. The van der Waals surface area contributed by atoms with Crippen LogP contribution in [0, 0.1) is 10.1 Å². The average molecular weight is 304 g/mol. The Balaban J connectivity index is 1.64. The third-order valence-electron chi connectivity index (χ3n) is 4.54. The molecule has 2 aliphatic rings. The van der Waals surface area contributed by atoms with Crippen molar-refractivity contribution in [2.45, 2.75) is 50.4 Å². The van der Waals surface area contributed by atoms with Gasteiger partial charge in [0.2, 0.25) is 5.91 Å². The van der Waals surface area contributed by atoms with E-state index in [0.717, 1.165) is 19.3 Å². The number of hydrogen-bond acceptors (Lipinski definition) is 5. The lowest BCUT2D eigenvalue weighted by atomic mass is 9.88. The monoisotopic (exact) mass is 304 g/mol. The summed E-state index contributed by atoms with van der Waals surface area (Å²) in [5.41, 5.74) is 8.10. The van der Waals surface area contributed by atoms with Crippen LogP contribution >= 0.6 is 0 Å². The van der Waals surface area contributed by atoms with Gasteiger partial charge in [0.05, 0.1) is 6.04 Å². The van der Waals surface area contributed by atoms with Gasteiger partial charge in [-0.05, 0) is 37.3 Å². The van der Waals surface area contributed by atoms with Gasteiger partial charge in [0.25, 0.3) is 6.04 Å². The Hall–Kier alpha value is -1.99. The van der Waals surface area contributed by atoms with Crippen LogP contribution in [-0.2, 0) is 17.6 Å². The molecular formula is C15H20N4O3. The standard InChI is InChI=1S/C15H20N4O3/c1-9-14(19(21)22)13(18-17-9)15(20)16-12-7-6-10-4-2-3-5-11(10)8-12/h2-5,9,12-14,17-18H,6-8H2,1H3,(H,16,20). The molecule has 22 heavy (non-hydrogen) atoms. The van der Waals surface area contributed by atoms with Gasteiger partial charge in [0, 0.05) is 11.0 Å². The largest absolute Gasteiger partial charge is 0.351 e. The highest BCUT2D eigenvalue weighted by atomic mass is 16.6. The first-order chi connectivity index (χ1) is 10.6. The van der Waals surface area contributed by atoms with Gasteiger partial charge in [-0.3, -0.25) is 14.9 Å². The van der Waals surface area contributed by atoms with Crippen LogP contribution in [-0.4, -0.2) is 35.0 Å². The number of carbonyl (C=O) groups is 1. The first-order valence-corrected chi connectivity index (χ1v) is 7.58. The summed E-state index contributed by atoms with van der Waals surface area (Å²) in [6.45, 7) is 1.70. The molecule has 118 valence electrons. The summed E-state index contributed by atoms with van der Waals surface area (Å²) >= 11 is 0. The molecule has 1 heterocycles. The Morgan fingerprint density at radius 2 is 2.05 bits per heavy atom. The smallest absolute Gasteiger partial charge is 0.254 e. The van der Waals surface area contributed by atoms with Gasteiger partial charge in [0.15, 0.2) is 6.04 Å². The molecule has 1 aromatic carbocycles. The van der Waals surface area contributed by atoms with Crippen LogP contribution in [0.3, 0.4) is 0 Å². The topological polar surface area (TPSA) is 96.3 Å². The Kier molecular flexibility index (Phi) is 4.08. The molecule has 0 saturated carbocycles. The van der Waals surface area contributed by atoms with Gasteiger partial charge in [-0.1, -0.05) is 24.3 Å². The molecule has 1 aliphatic heterocycles. The second-order valence-corrected chi connectivity index (χ2v) is 6.05. The molecule has 1 fully saturated rings. The minimum atomic E-state index is -0.948. The number of nitrogens with zero attached hydrogens (tertiary/aromatic N) is 1. The number of hydrogen-bond donors (Lipinski definition) is 3. The summed E-state index contributed by atoms with van der Waals surface area (Å²) in [5, 5.41) is 14.1. The lowest BCUT2D eigenvalue weighted by Gasteiger charge is -2.26. The van der Waals surface area contributed by atoms with Crippen molar-refractivity contribution in [3.05, 3.63) is 45.5 Å². The fourth-order valence-corrected chi connectivity index (χ4v) is 3.32. The van der Waals surface area contributed by atoms with Crippen molar-refractivity contribution in [3.8, 4) is 0 Å². The fourth-order valence-electron chi connectivity index (χ4n) is 3.32. The molecule has 3 rings (SSSR count). The van der Waals surface area contributed by atoms with E-state index in [4.69, 9.17) is 0 Å². The van der Waals surface area contributed by atoms with Crippen LogP contribution in [0.1, 0.15) is 24.5 Å². The maximum Gasteiger partial charge on any atom is 0.254 e. The Morgan fingerprint density at radius 1 is 1.32 bits per heavy atom. The molecule has 4 atom stereocenters. The van der Waals surface area contributed by atoms with Gasteiger partial charge in [-0.15, -0.1) is 0 Å². The lowest BCUT2D eigenvalue weighted by molar-refractivity contribution is -0.523. The third-order valence-corrected chi connectivity index (χ3v) is 4.54. The Morgan fingerprint density at radius 3 is 2.77 bits per heavy atom. The Bertz CT molecular complexity index is 592. The predicted molar refractivity (Wildman–Crippen MR) is 80.7 cm³/mol. The third kappa shape index (κ3) is 2.82. The number of nitrogens with one attached hydrogen (secondary N) is 3. The Labute approximate surface area is 128 Å². The molecule has 0 spiro atoms. The molecule has 0 radical (unpaired) electrons. The molecule has 4 unspecified atom stereocenters. The second kappa shape index (κ2) is 6.02. The molecule has 7 nitrogen and oxygen atoms in total. The van der Waals surface area contributed by atoms with Crippen LogP contribution in [0.25, 0.3) is 0 Å². The average Bonchev–Trinajstić information content (AvgIpc) is 2.89. The van der Waals surface area contributed by atoms with Gasteiger partial charge < -0.3 is 5.32 Å². The zero-order valence-corrected chi connectivity index (χ0v) is 12.4. The molecule has 0 bridgehead atoms. The number of hydrazine groups is 1. The molecule has 1 aromatic rings. The highest BCUT2D eigenvalue weighted by Crippen LogP contribution is 2.21. The number of fused-ring (bicyclic) bond motifs is 1. The summed E-state index contributed by atoms with van der Waals surface area (Å²) in [6, 6.07) is 6.08. The van der Waals surface area contributed by atoms with Crippen molar-refractivity contribution in [1.82, 2.24) is 16.2 Å². The van der Waals surface area contributed by atoms with E-state index in [0.29, 0.717) is 0 Å². The van der Waals surface area contributed by atoms with Crippen molar-refractivity contribution < 1.29 is 9.72 Å². The molecule has 1 saturated heterocycles. The van der Waals surface area contributed by atoms with E-state index in [1.54, 1.807) is 6.92 Å². The molecular weight excluding hydrogens is 284 g/mol. The van der Waals surface area contributed by atoms with Crippen molar-refractivity contribution in [2.24, 2.45) is 0 Å². The zero-order valence-electron chi connectivity index (χ0n) is 12.4. The summed E-state index contributed by atoms with van der Waals surface area (Å²) in [7, 11) is 0. The SMILES string of the molecule is CC1NNC(C(=O)NC2CCc3ccccc3C2)C1[N+](=O)[O-]. The predicted octanol–water partition coefficient (Wildman–Crippen LogP) is 0.170. The van der Waals surface area contributed by atoms with E-state index in [9.17, 15) is 14.9 Å². The van der Waals surface area contributed by atoms with Crippen LogP contribution in [0.5, 0.6) is 0 Å². The molecule has 1 amide bonds. The molecule has 3 N–H and O–H groups in total. The van der Waals surface area contributed by atoms with Crippen molar-refractivity contribution in [2.75, 3.05) is 0 Å². The van der Waals surface area contributed by atoms with Crippen LogP contribution < -0.4 is 16.2 Å². The normalized spacial score (nSPS) is 30.6. The number of amides is 1. The summed E-state index contributed by atoms with van der Waals surface area (Å²) < 4.78 is 0. The lowest BCUT2D eigenvalue weighted by Crippen LogP contribution is -2.53. The van der Waals surface area contributed by atoms with Gasteiger partial charge >= 0.3 is 0 Å². The van der Waals surface area contributed by atoms with E-state index < -0.39 is 17.0 Å². The zero-order chi connectivity index (χ0) is 15.7. The number of carbonyl (C=O) groups excluding carboxylic acids is 1. The van der Waals surface area contributed by atoms with Crippen molar-refractivity contribution >= 4 is 5.91 Å². The molecule has 1 aliphatic carbocycles. The minimum Gasteiger partial charge on any atom is -0.351 e. The number of aryl methyl sites for hydroxylation is 1. The van der Waals surface area contributed by atoms with E-state index in [1.165, 1.54) is 11.1 Å². The van der Waals surface area contributed by atoms with Crippen molar-refractivity contribution in [1.29, 1.82) is 0 Å².